The van der Waals surface area contributed by atoms with Gasteiger partial charge >= 0.3 is 5.97 Å². The highest BCUT2D eigenvalue weighted by Crippen LogP contribution is 2.35. The maximum absolute atomic E-state index is 11.1. The van der Waals surface area contributed by atoms with Crippen LogP contribution >= 0.6 is 0 Å². The highest BCUT2D eigenvalue weighted by atomic mass is 16.6. The summed E-state index contributed by atoms with van der Waals surface area (Å²) in [6.45, 7) is 2.26. The number of carboxylic acids is 1. The van der Waals surface area contributed by atoms with Gasteiger partial charge in [-0.25, -0.2) is 0 Å². The van der Waals surface area contributed by atoms with Crippen LogP contribution < -0.4 is 9.47 Å². The lowest BCUT2D eigenvalue weighted by Gasteiger charge is -2.22. The van der Waals surface area contributed by atoms with Crippen molar-refractivity contribution in [2.24, 2.45) is 0 Å². The average Bonchev–Trinajstić information content (AvgIpc) is 2.37. The van der Waals surface area contributed by atoms with Gasteiger partial charge in [0.1, 0.15) is 13.2 Å². The number of rotatable bonds is 2. The van der Waals surface area contributed by atoms with Crippen molar-refractivity contribution in [3.8, 4) is 17.6 Å². The summed E-state index contributed by atoms with van der Waals surface area (Å²) in [5.41, 5.74) is -1.19. The highest BCUT2D eigenvalue weighted by molar-refractivity contribution is 5.84. The topological polar surface area (TPSA) is 79.6 Å². The van der Waals surface area contributed by atoms with Gasteiger partial charge in [0.25, 0.3) is 0 Å². The van der Waals surface area contributed by atoms with Crippen molar-refractivity contribution < 1.29 is 19.4 Å². The van der Waals surface area contributed by atoms with E-state index in [1.54, 1.807) is 24.3 Å². The van der Waals surface area contributed by atoms with E-state index in [2.05, 4.69) is 0 Å². The summed E-state index contributed by atoms with van der Waals surface area (Å²) in [5, 5.41) is 18.1. The first-order valence-corrected chi connectivity index (χ1v) is 5.12. The monoisotopic (exact) mass is 233 g/mol. The van der Waals surface area contributed by atoms with E-state index < -0.39 is 11.4 Å². The van der Waals surface area contributed by atoms with Gasteiger partial charge in [-0.3, -0.25) is 4.79 Å². The lowest BCUT2D eigenvalue weighted by Crippen LogP contribution is -2.30. The Labute approximate surface area is 98.2 Å². The van der Waals surface area contributed by atoms with E-state index in [9.17, 15) is 4.79 Å². The molecule has 1 aliphatic heterocycles. The number of fused-ring (bicyclic) bond motifs is 1. The molecular formula is C12H11NO4. The molecule has 1 aromatic carbocycles. The van der Waals surface area contributed by atoms with E-state index >= 15 is 0 Å². The van der Waals surface area contributed by atoms with E-state index in [0.717, 1.165) is 0 Å². The van der Waals surface area contributed by atoms with Gasteiger partial charge in [0.05, 0.1) is 6.07 Å². The second-order valence-electron chi connectivity index (χ2n) is 3.90. The smallest absolute Gasteiger partial charge is 0.328 e. The summed E-state index contributed by atoms with van der Waals surface area (Å²) in [5.74, 6) is -0.126. The number of benzene rings is 1. The molecule has 1 aromatic rings. The van der Waals surface area contributed by atoms with Crippen molar-refractivity contribution in [3.05, 3.63) is 23.8 Å². The van der Waals surface area contributed by atoms with Gasteiger partial charge in [-0.05, 0) is 24.6 Å². The zero-order valence-corrected chi connectivity index (χ0v) is 9.27. The van der Waals surface area contributed by atoms with Crippen LogP contribution in [0.2, 0.25) is 0 Å². The Hall–Kier alpha value is -2.22. The van der Waals surface area contributed by atoms with Crippen LogP contribution in [0.1, 0.15) is 12.5 Å². The molecule has 0 aromatic heterocycles. The third-order valence-electron chi connectivity index (χ3n) is 2.77. The van der Waals surface area contributed by atoms with Crippen LogP contribution in [0.25, 0.3) is 0 Å². The van der Waals surface area contributed by atoms with Crippen LogP contribution in [0.15, 0.2) is 18.2 Å². The number of hydrogen-bond donors (Lipinski definition) is 1. The van der Waals surface area contributed by atoms with Crippen LogP contribution in [-0.2, 0) is 10.2 Å². The van der Waals surface area contributed by atoms with Gasteiger partial charge in [-0.1, -0.05) is 6.07 Å². The molecule has 1 unspecified atom stereocenters. The molecule has 1 atom stereocenters. The predicted molar refractivity (Wildman–Crippen MR) is 58.0 cm³/mol. The Morgan fingerprint density at radius 1 is 1.41 bits per heavy atom. The SMILES string of the molecule is CC(C#N)(C(=O)O)c1ccc2c(c1)OCCO2. The van der Waals surface area contributed by atoms with Crippen molar-refractivity contribution in [3.63, 3.8) is 0 Å². The van der Waals surface area contributed by atoms with Crippen molar-refractivity contribution in [1.82, 2.24) is 0 Å². The van der Waals surface area contributed by atoms with Crippen LogP contribution in [0.4, 0.5) is 0 Å². The van der Waals surface area contributed by atoms with E-state index in [1.807, 2.05) is 0 Å². The maximum atomic E-state index is 11.1. The van der Waals surface area contributed by atoms with Gasteiger partial charge < -0.3 is 14.6 Å². The fourth-order valence-electron chi connectivity index (χ4n) is 1.59. The molecule has 0 amide bonds. The third kappa shape index (κ3) is 1.78. The normalized spacial score (nSPS) is 16.7. The summed E-state index contributed by atoms with van der Waals surface area (Å²) in [7, 11) is 0. The van der Waals surface area contributed by atoms with Crippen molar-refractivity contribution in [1.29, 1.82) is 5.26 Å². The highest BCUT2D eigenvalue weighted by Gasteiger charge is 2.36. The van der Waals surface area contributed by atoms with Gasteiger partial charge in [0, 0.05) is 0 Å². The molecule has 88 valence electrons. The molecule has 0 saturated heterocycles. The third-order valence-corrected chi connectivity index (χ3v) is 2.77. The molecule has 1 N–H and O–H groups in total. The van der Waals surface area contributed by atoms with Gasteiger partial charge in [-0.2, -0.15) is 5.26 Å². The first-order chi connectivity index (χ1) is 8.08. The molecule has 17 heavy (non-hydrogen) atoms. The number of ether oxygens (including phenoxy) is 2. The molecule has 0 saturated carbocycles. The Morgan fingerprint density at radius 3 is 2.65 bits per heavy atom. The second-order valence-corrected chi connectivity index (χ2v) is 3.90. The Morgan fingerprint density at radius 2 is 2.06 bits per heavy atom. The van der Waals surface area contributed by atoms with Gasteiger partial charge in [0.2, 0.25) is 0 Å². The molecular weight excluding hydrogens is 222 g/mol. The lowest BCUT2D eigenvalue weighted by molar-refractivity contribution is -0.141. The average molecular weight is 233 g/mol. The largest absolute Gasteiger partial charge is 0.486 e. The minimum absolute atomic E-state index is 0.386. The molecule has 5 heteroatoms. The number of nitriles is 1. The first-order valence-electron chi connectivity index (χ1n) is 5.12. The summed E-state index contributed by atoms with van der Waals surface area (Å²) in [6.07, 6.45) is 0. The summed E-state index contributed by atoms with van der Waals surface area (Å²) < 4.78 is 10.7. The summed E-state index contributed by atoms with van der Waals surface area (Å²) in [4.78, 5) is 11.1. The molecule has 0 aliphatic carbocycles. The van der Waals surface area contributed by atoms with Gasteiger partial charge in [-0.15, -0.1) is 0 Å². The zero-order valence-electron chi connectivity index (χ0n) is 9.27. The minimum Gasteiger partial charge on any atom is -0.486 e. The molecule has 1 aliphatic rings. The molecule has 0 bridgehead atoms. The number of carboxylic acid groups (broad SMARTS) is 1. The van der Waals surface area contributed by atoms with E-state index in [4.69, 9.17) is 19.8 Å². The molecule has 2 rings (SSSR count). The second kappa shape index (κ2) is 3.98. The molecule has 0 radical (unpaired) electrons. The Kier molecular flexibility index (Phi) is 2.64. The fraction of sp³-hybridized carbons (Fsp3) is 0.333. The van der Waals surface area contributed by atoms with E-state index in [-0.39, 0.29) is 0 Å². The standard InChI is InChI=1S/C12H11NO4/c1-12(7-13,11(14)15)8-2-3-9-10(6-8)17-5-4-16-9/h2-3,6H,4-5H2,1H3,(H,14,15). The quantitative estimate of drug-likeness (QED) is 0.833. The van der Waals surface area contributed by atoms with Crippen molar-refractivity contribution in [2.45, 2.75) is 12.3 Å². The van der Waals surface area contributed by atoms with E-state index in [1.165, 1.54) is 6.92 Å². The molecule has 0 fully saturated rings. The number of nitrogens with zero attached hydrogens (tertiary/aromatic N) is 1. The number of carbonyl (C=O) groups is 1. The van der Waals surface area contributed by atoms with Crippen molar-refractivity contribution >= 4 is 5.97 Å². The summed E-state index contributed by atoms with van der Waals surface area (Å²) >= 11 is 0. The number of aliphatic carboxylic acids is 1. The first kappa shape index (κ1) is 11.3. The Bertz CT molecular complexity index is 506. The zero-order chi connectivity index (χ0) is 12.5. The van der Waals surface area contributed by atoms with Gasteiger partial charge in [0.15, 0.2) is 16.9 Å². The van der Waals surface area contributed by atoms with Crippen molar-refractivity contribution in [2.75, 3.05) is 13.2 Å². The van der Waals surface area contributed by atoms with E-state index in [0.29, 0.717) is 30.3 Å². The van der Waals surface area contributed by atoms with Crippen LogP contribution in [0.3, 0.4) is 0 Å². The van der Waals surface area contributed by atoms with Crippen LogP contribution in [0.5, 0.6) is 11.5 Å². The lowest BCUT2D eigenvalue weighted by atomic mass is 9.84. The molecule has 5 nitrogen and oxygen atoms in total. The predicted octanol–water partition coefficient (Wildman–Crippen LogP) is 1.32. The summed E-state index contributed by atoms with van der Waals surface area (Å²) in [6, 6.07) is 6.55. The molecule has 1 heterocycles. The Balaban J connectivity index is 2.47. The van der Waals surface area contributed by atoms with Crippen LogP contribution in [0, 0.1) is 11.3 Å². The maximum Gasteiger partial charge on any atom is 0.328 e. The molecule has 0 spiro atoms. The fourth-order valence-corrected chi connectivity index (χ4v) is 1.59. The number of hydrogen-bond acceptors (Lipinski definition) is 4. The van der Waals surface area contributed by atoms with Crippen LogP contribution in [-0.4, -0.2) is 24.3 Å². The minimum atomic E-state index is -1.57.